The number of sulfonamides is 1. The molecule has 140 valence electrons. The van der Waals surface area contributed by atoms with E-state index >= 15 is 0 Å². The summed E-state index contributed by atoms with van der Waals surface area (Å²) in [7, 11) is -2.33. The number of hydrogen-bond acceptors (Lipinski definition) is 5. The molecule has 1 heterocycles. The average molecular weight is 423 g/mol. The highest BCUT2D eigenvalue weighted by atomic mass is 35.5. The Kier molecular flexibility index (Phi) is 5.41. The van der Waals surface area contributed by atoms with Gasteiger partial charge in [0.05, 0.1) is 17.7 Å². The molecule has 9 heteroatoms. The zero-order chi connectivity index (χ0) is 19.6. The van der Waals surface area contributed by atoms with Crippen molar-refractivity contribution in [2.24, 2.45) is 5.73 Å². The molecule has 0 fully saturated rings. The normalized spacial score (nSPS) is 11.2. The molecule has 0 unspecified atom stereocenters. The first-order chi connectivity index (χ1) is 12.8. The van der Waals surface area contributed by atoms with Gasteiger partial charge in [-0.25, -0.2) is 8.42 Å². The molecule has 3 rings (SSSR count). The van der Waals surface area contributed by atoms with E-state index in [-0.39, 0.29) is 15.5 Å². The molecule has 0 aliphatic carbocycles. The molecule has 1 aromatic heterocycles. The molecule has 1 amide bonds. The maximum atomic E-state index is 12.6. The van der Waals surface area contributed by atoms with E-state index in [9.17, 15) is 13.2 Å². The van der Waals surface area contributed by atoms with Crippen LogP contribution in [0.1, 0.15) is 9.67 Å². The van der Waals surface area contributed by atoms with Crippen LogP contribution in [0.3, 0.4) is 0 Å². The molecule has 0 aliphatic heterocycles. The van der Waals surface area contributed by atoms with E-state index < -0.39 is 15.9 Å². The Bertz CT molecular complexity index is 1080. The van der Waals surface area contributed by atoms with Gasteiger partial charge in [-0.2, -0.15) is 0 Å². The van der Waals surface area contributed by atoms with Gasteiger partial charge in [-0.05, 0) is 60.2 Å². The molecular weight excluding hydrogens is 408 g/mol. The lowest BCUT2D eigenvalue weighted by Crippen LogP contribution is -2.16. The van der Waals surface area contributed by atoms with Crippen molar-refractivity contribution in [3.63, 3.8) is 0 Å². The van der Waals surface area contributed by atoms with Crippen LogP contribution in [0, 0.1) is 0 Å². The van der Waals surface area contributed by atoms with Gasteiger partial charge in [0.25, 0.3) is 15.9 Å². The Balaban J connectivity index is 1.98. The molecule has 3 N–H and O–H groups in total. The first kappa shape index (κ1) is 19.2. The standard InChI is InChI=1S/C18H15ClN2O4S2/c1-25-13-6-2-11(3-7-13)16-10-15(17(26-16)18(20)22)21-27(23,24)14-8-4-12(19)5-9-14/h2-10,21H,1H3,(H2,20,22). The highest BCUT2D eigenvalue weighted by Crippen LogP contribution is 2.36. The minimum atomic E-state index is -3.90. The number of ether oxygens (including phenoxy) is 1. The van der Waals surface area contributed by atoms with Crippen LogP contribution in [0.15, 0.2) is 59.5 Å². The summed E-state index contributed by atoms with van der Waals surface area (Å²) >= 11 is 6.91. The van der Waals surface area contributed by atoms with Crippen LogP contribution in [0.25, 0.3) is 10.4 Å². The van der Waals surface area contributed by atoms with E-state index in [1.54, 1.807) is 25.3 Å². The number of thiophene rings is 1. The van der Waals surface area contributed by atoms with Gasteiger partial charge in [0, 0.05) is 9.90 Å². The third-order valence-electron chi connectivity index (χ3n) is 3.70. The molecule has 0 aliphatic rings. The number of nitrogens with two attached hydrogens (primary N) is 1. The summed E-state index contributed by atoms with van der Waals surface area (Å²) in [5.41, 5.74) is 6.37. The van der Waals surface area contributed by atoms with Crippen LogP contribution >= 0.6 is 22.9 Å². The summed E-state index contributed by atoms with van der Waals surface area (Å²) in [5.74, 6) is -0.0253. The fourth-order valence-electron chi connectivity index (χ4n) is 2.36. The number of carbonyl (C=O) groups is 1. The SMILES string of the molecule is COc1ccc(-c2cc(NS(=O)(=O)c3ccc(Cl)cc3)c(C(N)=O)s2)cc1. The molecule has 0 spiro atoms. The zero-order valence-electron chi connectivity index (χ0n) is 14.1. The largest absolute Gasteiger partial charge is 0.497 e. The van der Waals surface area contributed by atoms with E-state index in [4.69, 9.17) is 22.1 Å². The number of rotatable bonds is 6. The molecular formula is C18H15ClN2O4S2. The number of methoxy groups -OCH3 is 1. The lowest BCUT2D eigenvalue weighted by molar-refractivity contribution is 0.100. The van der Waals surface area contributed by atoms with Crippen LogP contribution in [0.2, 0.25) is 5.02 Å². The van der Waals surface area contributed by atoms with Crippen molar-refractivity contribution >= 4 is 44.6 Å². The average Bonchev–Trinajstić information content (AvgIpc) is 3.05. The lowest BCUT2D eigenvalue weighted by Gasteiger charge is -2.07. The van der Waals surface area contributed by atoms with E-state index in [2.05, 4.69) is 4.72 Å². The molecule has 0 radical (unpaired) electrons. The van der Waals surface area contributed by atoms with Crippen LogP contribution in [0.5, 0.6) is 5.75 Å². The number of nitrogens with one attached hydrogen (secondary N) is 1. The number of carbonyl (C=O) groups excluding carboxylic acids is 1. The highest BCUT2D eigenvalue weighted by Gasteiger charge is 2.21. The van der Waals surface area contributed by atoms with Crippen LogP contribution in [-0.2, 0) is 10.0 Å². The Morgan fingerprint density at radius 3 is 2.30 bits per heavy atom. The number of primary amides is 1. The van der Waals surface area contributed by atoms with E-state index in [0.29, 0.717) is 15.6 Å². The van der Waals surface area contributed by atoms with Crippen molar-refractivity contribution in [1.29, 1.82) is 0 Å². The maximum absolute atomic E-state index is 12.6. The van der Waals surface area contributed by atoms with Crippen LogP contribution < -0.4 is 15.2 Å². The van der Waals surface area contributed by atoms with Crippen LogP contribution in [0.4, 0.5) is 5.69 Å². The van der Waals surface area contributed by atoms with E-state index in [1.807, 2.05) is 12.1 Å². The second kappa shape index (κ2) is 7.59. The fourth-order valence-corrected chi connectivity index (χ4v) is 4.59. The van der Waals surface area contributed by atoms with Crippen molar-refractivity contribution in [1.82, 2.24) is 0 Å². The number of benzene rings is 2. The second-order valence-electron chi connectivity index (χ2n) is 5.51. The van der Waals surface area contributed by atoms with Crippen LogP contribution in [-0.4, -0.2) is 21.4 Å². The molecule has 0 saturated carbocycles. The topological polar surface area (TPSA) is 98.5 Å². The molecule has 0 bridgehead atoms. The zero-order valence-corrected chi connectivity index (χ0v) is 16.5. The highest BCUT2D eigenvalue weighted by molar-refractivity contribution is 7.92. The number of halogens is 1. The summed E-state index contributed by atoms with van der Waals surface area (Å²) in [6, 6.07) is 14.5. The number of amides is 1. The quantitative estimate of drug-likeness (QED) is 0.627. The van der Waals surface area contributed by atoms with Gasteiger partial charge in [-0.3, -0.25) is 9.52 Å². The molecule has 0 saturated heterocycles. The summed E-state index contributed by atoms with van der Waals surface area (Å²) in [5, 5.41) is 0.420. The van der Waals surface area contributed by atoms with Gasteiger partial charge in [-0.15, -0.1) is 11.3 Å². The van der Waals surface area contributed by atoms with Gasteiger partial charge in [0.15, 0.2) is 0 Å². The summed E-state index contributed by atoms with van der Waals surface area (Å²) in [4.78, 5) is 12.6. The predicted octanol–water partition coefficient (Wildman–Crippen LogP) is 3.98. The van der Waals surface area contributed by atoms with Gasteiger partial charge >= 0.3 is 0 Å². The Morgan fingerprint density at radius 2 is 1.74 bits per heavy atom. The third-order valence-corrected chi connectivity index (χ3v) is 6.53. The molecule has 6 nitrogen and oxygen atoms in total. The second-order valence-corrected chi connectivity index (χ2v) is 8.68. The summed E-state index contributed by atoms with van der Waals surface area (Å²) < 4.78 is 32.8. The molecule has 27 heavy (non-hydrogen) atoms. The van der Waals surface area contributed by atoms with Crippen molar-refractivity contribution in [2.75, 3.05) is 11.8 Å². The van der Waals surface area contributed by atoms with Crippen molar-refractivity contribution in [3.8, 4) is 16.2 Å². The lowest BCUT2D eigenvalue weighted by atomic mass is 10.2. The van der Waals surface area contributed by atoms with Gasteiger partial charge in [-0.1, -0.05) is 11.6 Å². The predicted molar refractivity (Wildman–Crippen MR) is 107 cm³/mol. The molecule has 2 aromatic carbocycles. The monoisotopic (exact) mass is 422 g/mol. The van der Waals surface area contributed by atoms with Crippen molar-refractivity contribution in [3.05, 3.63) is 64.5 Å². The molecule has 0 atom stereocenters. The van der Waals surface area contributed by atoms with Crippen molar-refractivity contribution < 1.29 is 17.9 Å². The third kappa shape index (κ3) is 4.24. The van der Waals surface area contributed by atoms with Crippen molar-refractivity contribution in [2.45, 2.75) is 4.90 Å². The van der Waals surface area contributed by atoms with E-state index in [1.165, 1.54) is 24.3 Å². The maximum Gasteiger partial charge on any atom is 0.261 e. The first-order valence-corrected chi connectivity index (χ1v) is 10.3. The van der Waals surface area contributed by atoms with Gasteiger partial charge in [0.2, 0.25) is 0 Å². The van der Waals surface area contributed by atoms with Gasteiger partial charge in [0.1, 0.15) is 10.6 Å². The minimum Gasteiger partial charge on any atom is -0.497 e. The first-order valence-electron chi connectivity index (χ1n) is 7.66. The summed E-state index contributed by atoms with van der Waals surface area (Å²) in [6.07, 6.45) is 0. The Morgan fingerprint density at radius 1 is 1.11 bits per heavy atom. The van der Waals surface area contributed by atoms with E-state index in [0.717, 1.165) is 16.9 Å². The number of anilines is 1. The Labute approximate surface area is 165 Å². The Hall–Kier alpha value is -2.55. The smallest absolute Gasteiger partial charge is 0.261 e. The fraction of sp³-hybridized carbons (Fsp3) is 0.0556. The summed E-state index contributed by atoms with van der Waals surface area (Å²) in [6.45, 7) is 0. The molecule has 3 aromatic rings. The van der Waals surface area contributed by atoms with Gasteiger partial charge < -0.3 is 10.5 Å². The minimum absolute atomic E-state index is 0.0273. The number of hydrogen-bond donors (Lipinski definition) is 2.